The highest BCUT2D eigenvalue weighted by Crippen LogP contribution is 2.21. The molecule has 0 aliphatic heterocycles. The normalized spacial score (nSPS) is 12.3. The molecule has 1 rings (SSSR count). The van der Waals surface area contributed by atoms with Crippen LogP contribution in [-0.2, 0) is 4.79 Å². The number of nitriles is 1. The summed E-state index contributed by atoms with van der Waals surface area (Å²) in [5, 5.41) is 10.8. The first-order chi connectivity index (χ1) is 9.30. The highest BCUT2D eigenvalue weighted by Gasteiger charge is 2.30. The van der Waals surface area contributed by atoms with Crippen molar-refractivity contribution < 1.29 is 22.7 Å². The van der Waals surface area contributed by atoms with Crippen LogP contribution in [0, 0.1) is 11.3 Å². The zero-order valence-corrected chi connectivity index (χ0v) is 10.7. The topological polar surface area (TPSA) is 62.1 Å². The van der Waals surface area contributed by atoms with Gasteiger partial charge >= 0.3 is 6.18 Å². The van der Waals surface area contributed by atoms with E-state index in [2.05, 4.69) is 5.32 Å². The second kappa shape index (κ2) is 6.80. The summed E-state index contributed by atoms with van der Waals surface area (Å²) in [7, 11) is 0. The summed E-state index contributed by atoms with van der Waals surface area (Å²) in [4.78, 5) is 11.4. The van der Waals surface area contributed by atoms with Crippen molar-refractivity contribution in [3.05, 3.63) is 29.8 Å². The Morgan fingerprint density at radius 1 is 1.40 bits per heavy atom. The van der Waals surface area contributed by atoms with E-state index in [9.17, 15) is 18.0 Å². The number of amides is 1. The number of benzene rings is 1. The van der Waals surface area contributed by atoms with Crippen molar-refractivity contribution in [1.29, 1.82) is 5.26 Å². The lowest BCUT2D eigenvalue weighted by Gasteiger charge is -2.16. The van der Waals surface area contributed by atoms with Crippen molar-refractivity contribution in [2.75, 3.05) is 6.61 Å². The second-order valence-corrected chi connectivity index (χ2v) is 4.21. The lowest BCUT2D eigenvalue weighted by atomic mass is 10.2. The van der Waals surface area contributed by atoms with Crippen LogP contribution >= 0.6 is 0 Å². The highest BCUT2D eigenvalue weighted by atomic mass is 19.4. The Bertz CT molecular complexity index is 492. The van der Waals surface area contributed by atoms with Crippen molar-refractivity contribution in [2.24, 2.45) is 0 Å². The summed E-state index contributed by atoms with van der Waals surface area (Å²) in [6.45, 7) is 0.890. The van der Waals surface area contributed by atoms with Crippen molar-refractivity contribution in [3.8, 4) is 11.8 Å². The standard InChI is InChI=1S/C13H13F3N2O2/c1-9(6-13(14,15)16)18-12(19)8-20-11-4-2-10(7-17)3-5-11/h2-5,9H,6,8H2,1H3,(H,18,19). The third-order valence-corrected chi connectivity index (χ3v) is 2.30. The van der Waals surface area contributed by atoms with Gasteiger partial charge in [-0.25, -0.2) is 0 Å². The van der Waals surface area contributed by atoms with E-state index in [0.717, 1.165) is 0 Å². The van der Waals surface area contributed by atoms with Gasteiger partial charge in [-0.2, -0.15) is 18.4 Å². The number of nitrogens with one attached hydrogen (secondary N) is 1. The maximum absolute atomic E-state index is 12.1. The van der Waals surface area contributed by atoms with Crippen LogP contribution in [0.15, 0.2) is 24.3 Å². The molecule has 1 N–H and O–H groups in total. The molecular formula is C13H13F3N2O2. The van der Waals surface area contributed by atoms with Gasteiger partial charge in [-0.1, -0.05) is 0 Å². The van der Waals surface area contributed by atoms with Gasteiger partial charge in [0.25, 0.3) is 5.91 Å². The van der Waals surface area contributed by atoms with Crippen LogP contribution in [0.1, 0.15) is 18.9 Å². The van der Waals surface area contributed by atoms with Gasteiger partial charge < -0.3 is 10.1 Å². The molecule has 20 heavy (non-hydrogen) atoms. The summed E-state index contributed by atoms with van der Waals surface area (Å²) in [6.07, 6.45) is -5.41. The second-order valence-electron chi connectivity index (χ2n) is 4.21. The van der Waals surface area contributed by atoms with Gasteiger partial charge in [-0.05, 0) is 31.2 Å². The Kier molecular flexibility index (Phi) is 5.38. The van der Waals surface area contributed by atoms with Crippen LogP contribution in [0.4, 0.5) is 13.2 Å². The van der Waals surface area contributed by atoms with E-state index in [1.54, 1.807) is 0 Å². The summed E-state index contributed by atoms with van der Waals surface area (Å²) in [5.41, 5.74) is 0.445. The lowest BCUT2D eigenvalue weighted by Crippen LogP contribution is -2.38. The molecule has 0 aliphatic rings. The number of carbonyl (C=O) groups is 1. The first kappa shape index (κ1) is 15.8. The molecule has 0 saturated heterocycles. The van der Waals surface area contributed by atoms with Gasteiger partial charge in [0.05, 0.1) is 18.1 Å². The molecule has 1 amide bonds. The minimum atomic E-state index is -4.32. The third-order valence-electron chi connectivity index (χ3n) is 2.30. The molecule has 1 aromatic rings. The number of hydrogen-bond acceptors (Lipinski definition) is 3. The summed E-state index contributed by atoms with van der Waals surface area (Å²) in [6, 6.07) is 6.95. The van der Waals surface area contributed by atoms with E-state index in [4.69, 9.17) is 10.00 Å². The molecular weight excluding hydrogens is 273 g/mol. The SMILES string of the molecule is CC(CC(F)(F)F)NC(=O)COc1ccc(C#N)cc1. The van der Waals surface area contributed by atoms with Crippen LogP contribution in [0.3, 0.4) is 0 Å². The number of rotatable bonds is 5. The Hall–Kier alpha value is -2.23. The Labute approximate surface area is 114 Å². The first-order valence-corrected chi connectivity index (χ1v) is 5.79. The van der Waals surface area contributed by atoms with E-state index in [1.165, 1.54) is 31.2 Å². The predicted octanol–water partition coefficient (Wildman–Crippen LogP) is 2.39. The van der Waals surface area contributed by atoms with Crippen LogP contribution in [0.5, 0.6) is 5.75 Å². The predicted molar refractivity (Wildman–Crippen MR) is 64.9 cm³/mol. The third kappa shape index (κ3) is 6.09. The molecule has 1 aromatic carbocycles. The fraction of sp³-hybridized carbons (Fsp3) is 0.385. The molecule has 1 unspecified atom stereocenters. The average molecular weight is 286 g/mol. The van der Waals surface area contributed by atoms with Gasteiger partial charge in [0.2, 0.25) is 0 Å². The highest BCUT2D eigenvalue weighted by molar-refractivity contribution is 5.77. The number of carbonyl (C=O) groups excluding carboxylic acids is 1. The van der Waals surface area contributed by atoms with E-state index >= 15 is 0 Å². The van der Waals surface area contributed by atoms with Crippen LogP contribution < -0.4 is 10.1 Å². The Balaban J connectivity index is 2.37. The molecule has 0 aromatic heterocycles. The van der Waals surface area contributed by atoms with E-state index in [-0.39, 0.29) is 6.61 Å². The first-order valence-electron chi connectivity index (χ1n) is 5.79. The van der Waals surface area contributed by atoms with Gasteiger partial charge in [0.1, 0.15) is 5.75 Å². The van der Waals surface area contributed by atoms with Gasteiger partial charge in [0.15, 0.2) is 6.61 Å². The fourth-order valence-electron chi connectivity index (χ4n) is 1.49. The molecule has 0 radical (unpaired) electrons. The monoisotopic (exact) mass is 286 g/mol. The molecule has 0 saturated carbocycles. The molecule has 0 spiro atoms. The molecule has 0 heterocycles. The Morgan fingerprint density at radius 3 is 2.50 bits per heavy atom. The quantitative estimate of drug-likeness (QED) is 0.904. The molecule has 0 fully saturated rings. The van der Waals surface area contributed by atoms with E-state index < -0.39 is 24.5 Å². The minimum Gasteiger partial charge on any atom is -0.484 e. The number of alkyl halides is 3. The fourth-order valence-corrected chi connectivity index (χ4v) is 1.49. The molecule has 1 atom stereocenters. The average Bonchev–Trinajstić information content (AvgIpc) is 2.34. The van der Waals surface area contributed by atoms with Gasteiger partial charge in [-0.3, -0.25) is 4.79 Å². The molecule has 108 valence electrons. The van der Waals surface area contributed by atoms with Crippen LogP contribution in [0.2, 0.25) is 0 Å². The molecule has 0 bridgehead atoms. The maximum Gasteiger partial charge on any atom is 0.391 e. The van der Waals surface area contributed by atoms with E-state index in [0.29, 0.717) is 11.3 Å². The molecule has 0 aliphatic carbocycles. The smallest absolute Gasteiger partial charge is 0.391 e. The van der Waals surface area contributed by atoms with Gasteiger partial charge in [0, 0.05) is 6.04 Å². The van der Waals surface area contributed by atoms with Crippen LogP contribution in [-0.4, -0.2) is 24.7 Å². The summed E-state index contributed by atoms with van der Waals surface area (Å²) >= 11 is 0. The van der Waals surface area contributed by atoms with Crippen LogP contribution in [0.25, 0.3) is 0 Å². The van der Waals surface area contributed by atoms with Crippen molar-refractivity contribution in [3.63, 3.8) is 0 Å². The summed E-state index contributed by atoms with van der Waals surface area (Å²) < 4.78 is 41.3. The van der Waals surface area contributed by atoms with Crippen molar-refractivity contribution in [2.45, 2.75) is 25.6 Å². The number of hydrogen-bond donors (Lipinski definition) is 1. The van der Waals surface area contributed by atoms with E-state index in [1.807, 2.05) is 6.07 Å². The zero-order valence-electron chi connectivity index (χ0n) is 10.7. The zero-order chi connectivity index (χ0) is 15.2. The lowest BCUT2D eigenvalue weighted by molar-refractivity contribution is -0.141. The van der Waals surface area contributed by atoms with Crippen molar-refractivity contribution in [1.82, 2.24) is 5.32 Å². The number of nitrogens with zero attached hydrogens (tertiary/aromatic N) is 1. The maximum atomic E-state index is 12.1. The number of halogens is 3. The largest absolute Gasteiger partial charge is 0.484 e. The molecule has 4 nitrogen and oxygen atoms in total. The van der Waals surface area contributed by atoms with Gasteiger partial charge in [-0.15, -0.1) is 0 Å². The summed E-state index contributed by atoms with van der Waals surface area (Å²) in [5.74, 6) is -0.270. The minimum absolute atomic E-state index is 0.364. The Morgan fingerprint density at radius 2 is 2.00 bits per heavy atom. The van der Waals surface area contributed by atoms with Crippen molar-refractivity contribution >= 4 is 5.91 Å². The molecule has 7 heteroatoms. The number of ether oxygens (including phenoxy) is 1.